The van der Waals surface area contributed by atoms with Crippen LogP contribution in [0.15, 0.2) is 12.2 Å². The third-order valence-electron chi connectivity index (χ3n) is 4.29. The van der Waals surface area contributed by atoms with Gasteiger partial charge in [0.25, 0.3) is 0 Å². The van der Waals surface area contributed by atoms with E-state index in [1.165, 1.54) is 109 Å². The monoisotopic (exact) mass is 309 g/mol. The standard InChI is InChI=1S/C21H43N/c1-3-5-6-7-8-9-10-11-12-13-14-15-16-17-18-19-21-22-20-4-2/h11-12,22H,3-10,13-21H2,1-2H3. The summed E-state index contributed by atoms with van der Waals surface area (Å²) in [7, 11) is 0. The number of rotatable bonds is 18. The fourth-order valence-corrected chi connectivity index (χ4v) is 2.80. The van der Waals surface area contributed by atoms with Crippen molar-refractivity contribution < 1.29 is 0 Å². The zero-order valence-electron chi connectivity index (χ0n) is 15.7. The zero-order chi connectivity index (χ0) is 16.1. The summed E-state index contributed by atoms with van der Waals surface area (Å²) in [6, 6.07) is 0. The minimum atomic E-state index is 1.19. The Bertz CT molecular complexity index is 210. The summed E-state index contributed by atoms with van der Waals surface area (Å²) < 4.78 is 0. The molecule has 0 aromatic heterocycles. The fraction of sp³-hybridized carbons (Fsp3) is 0.905. The van der Waals surface area contributed by atoms with Crippen LogP contribution in [-0.4, -0.2) is 13.1 Å². The van der Waals surface area contributed by atoms with Gasteiger partial charge in [0.2, 0.25) is 0 Å². The Hall–Kier alpha value is -0.300. The molecule has 0 aliphatic carbocycles. The van der Waals surface area contributed by atoms with Gasteiger partial charge in [-0.3, -0.25) is 0 Å². The lowest BCUT2D eigenvalue weighted by Crippen LogP contribution is -2.15. The molecule has 1 nitrogen and oxygen atoms in total. The first-order valence-corrected chi connectivity index (χ1v) is 10.3. The predicted octanol–water partition coefficient (Wildman–Crippen LogP) is 7.02. The van der Waals surface area contributed by atoms with Crippen LogP contribution >= 0.6 is 0 Å². The van der Waals surface area contributed by atoms with Crippen molar-refractivity contribution in [1.82, 2.24) is 5.32 Å². The Labute approximate surface area is 141 Å². The second-order valence-electron chi connectivity index (χ2n) is 6.69. The normalized spacial score (nSPS) is 11.5. The molecule has 0 aromatic rings. The Morgan fingerprint density at radius 3 is 1.55 bits per heavy atom. The van der Waals surface area contributed by atoms with Crippen LogP contribution in [0.3, 0.4) is 0 Å². The molecule has 1 heteroatoms. The molecule has 0 aliphatic heterocycles. The highest BCUT2D eigenvalue weighted by Gasteiger charge is 1.91. The van der Waals surface area contributed by atoms with E-state index in [0.717, 1.165) is 0 Å². The summed E-state index contributed by atoms with van der Waals surface area (Å²) in [5, 5.41) is 3.48. The third-order valence-corrected chi connectivity index (χ3v) is 4.29. The van der Waals surface area contributed by atoms with E-state index in [-0.39, 0.29) is 0 Å². The van der Waals surface area contributed by atoms with Crippen LogP contribution in [0.25, 0.3) is 0 Å². The van der Waals surface area contributed by atoms with Crippen LogP contribution in [-0.2, 0) is 0 Å². The number of unbranched alkanes of at least 4 members (excludes halogenated alkanes) is 12. The molecule has 0 bridgehead atoms. The summed E-state index contributed by atoms with van der Waals surface area (Å²) in [6.07, 6.45) is 25.6. The molecule has 0 rings (SSSR count). The quantitative estimate of drug-likeness (QED) is 0.212. The first-order valence-electron chi connectivity index (χ1n) is 10.3. The van der Waals surface area contributed by atoms with Gasteiger partial charge in [0.05, 0.1) is 0 Å². The largest absolute Gasteiger partial charge is 0.317 e. The highest BCUT2D eigenvalue weighted by Crippen LogP contribution is 2.09. The molecule has 0 unspecified atom stereocenters. The highest BCUT2D eigenvalue weighted by molar-refractivity contribution is 4.81. The van der Waals surface area contributed by atoms with Crippen molar-refractivity contribution in [3.8, 4) is 0 Å². The Morgan fingerprint density at radius 1 is 0.500 bits per heavy atom. The second kappa shape index (κ2) is 20.7. The molecule has 0 aliphatic rings. The Morgan fingerprint density at radius 2 is 1.00 bits per heavy atom. The van der Waals surface area contributed by atoms with Crippen LogP contribution in [0.2, 0.25) is 0 Å². The van der Waals surface area contributed by atoms with Crippen LogP contribution in [0.5, 0.6) is 0 Å². The third kappa shape index (κ3) is 19.7. The number of hydrogen-bond donors (Lipinski definition) is 1. The van der Waals surface area contributed by atoms with E-state index >= 15 is 0 Å². The SMILES string of the molecule is CCCCCCCCC=CCCCCCCCCNCCC. The van der Waals surface area contributed by atoms with Gasteiger partial charge in [0.1, 0.15) is 0 Å². The van der Waals surface area contributed by atoms with E-state index in [2.05, 4.69) is 31.3 Å². The highest BCUT2D eigenvalue weighted by atomic mass is 14.8. The summed E-state index contributed by atoms with van der Waals surface area (Å²) in [6.45, 7) is 6.92. The van der Waals surface area contributed by atoms with Crippen LogP contribution in [0.1, 0.15) is 110 Å². The molecule has 22 heavy (non-hydrogen) atoms. The maximum atomic E-state index is 3.48. The minimum Gasteiger partial charge on any atom is -0.317 e. The van der Waals surface area contributed by atoms with E-state index in [0.29, 0.717) is 0 Å². The van der Waals surface area contributed by atoms with E-state index < -0.39 is 0 Å². The van der Waals surface area contributed by atoms with Gasteiger partial charge in [0.15, 0.2) is 0 Å². The van der Waals surface area contributed by atoms with E-state index in [1.54, 1.807) is 0 Å². The number of hydrogen-bond acceptors (Lipinski definition) is 1. The van der Waals surface area contributed by atoms with E-state index in [1.807, 2.05) is 0 Å². The van der Waals surface area contributed by atoms with Crippen molar-refractivity contribution in [2.45, 2.75) is 110 Å². The minimum absolute atomic E-state index is 1.19. The lowest BCUT2D eigenvalue weighted by molar-refractivity contribution is 0.565. The van der Waals surface area contributed by atoms with Gasteiger partial charge in [-0.1, -0.05) is 83.8 Å². The lowest BCUT2D eigenvalue weighted by Gasteiger charge is -2.03. The number of nitrogens with one attached hydrogen (secondary N) is 1. The summed E-state index contributed by atoms with van der Waals surface area (Å²) >= 11 is 0. The zero-order valence-corrected chi connectivity index (χ0v) is 15.7. The van der Waals surface area contributed by atoms with Gasteiger partial charge in [-0.25, -0.2) is 0 Å². The van der Waals surface area contributed by atoms with Gasteiger partial charge in [0, 0.05) is 0 Å². The van der Waals surface area contributed by atoms with Crippen LogP contribution < -0.4 is 5.32 Å². The topological polar surface area (TPSA) is 12.0 Å². The van der Waals surface area contributed by atoms with Gasteiger partial charge >= 0.3 is 0 Å². The molecule has 0 spiro atoms. The Balaban J connectivity index is 3.02. The van der Waals surface area contributed by atoms with Crippen molar-refractivity contribution in [1.29, 1.82) is 0 Å². The fourth-order valence-electron chi connectivity index (χ4n) is 2.80. The van der Waals surface area contributed by atoms with E-state index in [4.69, 9.17) is 0 Å². The van der Waals surface area contributed by atoms with Gasteiger partial charge < -0.3 is 5.32 Å². The molecule has 0 saturated carbocycles. The molecule has 0 atom stereocenters. The average Bonchev–Trinajstić information content (AvgIpc) is 2.54. The lowest BCUT2D eigenvalue weighted by atomic mass is 10.1. The van der Waals surface area contributed by atoms with Crippen molar-refractivity contribution in [3.63, 3.8) is 0 Å². The molecule has 132 valence electrons. The first-order chi connectivity index (χ1) is 10.9. The smallest absolute Gasteiger partial charge is 0.00489 e. The molecule has 0 heterocycles. The van der Waals surface area contributed by atoms with Crippen molar-refractivity contribution >= 4 is 0 Å². The van der Waals surface area contributed by atoms with Gasteiger partial charge in [-0.2, -0.15) is 0 Å². The second-order valence-corrected chi connectivity index (χ2v) is 6.69. The molecule has 0 fully saturated rings. The molecule has 1 N–H and O–H groups in total. The molecule has 0 radical (unpaired) electrons. The molecular formula is C21H43N. The van der Waals surface area contributed by atoms with E-state index in [9.17, 15) is 0 Å². The van der Waals surface area contributed by atoms with Gasteiger partial charge in [-0.05, 0) is 51.6 Å². The molecule has 0 amide bonds. The van der Waals surface area contributed by atoms with Crippen molar-refractivity contribution in [2.24, 2.45) is 0 Å². The first kappa shape index (κ1) is 21.7. The van der Waals surface area contributed by atoms with Crippen LogP contribution in [0, 0.1) is 0 Å². The molecule has 0 aromatic carbocycles. The van der Waals surface area contributed by atoms with Crippen molar-refractivity contribution in [2.75, 3.05) is 13.1 Å². The predicted molar refractivity (Wildman–Crippen MR) is 103 cm³/mol. The Kier molecular flexibility index (Phi) is 20.4. The maximum Gasteiger partial charge on any atom is -0.00489 e. The summed E-state index contributed by atoms with van der Waals surface area (Å²) in [4.78, 5) is 0. The molecular weight excluding hydrogens is 266 g/mol. The molecule has 0 saturated heterocycles. The summed E-state index contributed by atoms with van der Waals surface area (Å²) in [5.74, 6) is 0. The van der Waals surface area contributed by atoms with Crippen molar-refractivity contribution in [3.05, 3.63) is 12.2 Å². The van der Waals surface area contributed by atoms with Gasteiger partial charge in [-0.15, -0.1) is 0 Å². The summed E-state index contributed by atoms with van der Waals surface area (Å²) in [5.41, 5.74) is 0. The number of allylic oxidation sites excluding steroid dienone is 2. The van der Waals surface area contributed by atoms with Crippen LogP contribution in [0.4, 0.5) is 0 Å². The maximum absolute atomic E-state index is 3.48. The average molecular weight is 310 g/mol.